The molecule has 0 aromatic heterocycles. The van der Waals surface area contributed by atoms with Crippen LogP contribution in [0.15, 0.2) is 18.2 Å². The highest BCUT2D eigenvalue weighted by Crippen LogP contribution is 2.35. The third-order valence-corrected chi connectivity index (χ3v) is 7.12. The zero-order valence-electron chi connectivity index (χ0n) is 20.1. The van der Waals surface area contributed by atoms with Gasteiger partial charge in [-0.1, -0.05) is 0 Å². The number of aliphatic hydroxyl groups is 1. The van der Waals surface area contributed by atoms with Crippen LogP contribution >= 0.6 is 0 Å². The third-order valence-electron chi connectivity index (χ3n) is 7.12. The Hall–Kier alpha value is -2.60. The summed E-state index contributed by atoms with van der Waals surface area (Å²) in [6.45, 7) is 3.90. The van der Waals surface area contributed by atoms with Crippen molar-refractivity contribution in [1.82, 2.24) is 14.7 Å². The van der Waals surface area contributed by atoms with Crippen LogP contribution in [0, 0.1) is 0 Å². The van der Waals surface area contributed by atoms with Crippen LogP contribution in [-0.4, -0.2) is 116 Å². The number of benzene rings is 1. The van der Waals surface area contributed by atoms with Crippen molar-refractivity contribution in [1.29, 1.82) is 0 Å². The predicted molar refractivity (Wildman–Crippen MR) is 125 cm³/mol. The van der Waals surface area contributed by atoms with Gasteiger partial charge in [-0.25, -0.2) is 4.79 Å². The molecule has 192 valence electrons. The Morgan fingerprint density at radius 1 is 1.09 bits per heavy atom. The van der Waals surface area contributed by atoms with Gasteiger partial charge in [0.25, 0.3) is 0 Å². The predicted octanol–water partition coefficient (Wildman–Crippen LogP) is 0.721. The summed E-state index contributed by atoms with van der Waals surface area (Å²) in [5, 5.41) is 13.3. The lowest BCUT2D eigenvalue weighted by atomic mass is 9.94. The Balaban J connectivity index is 1.23. The number of carbonyl (C=O) groups excluding carboxylic acids is 2. The minimum absolute atomic E-state index is 0.112. The second-order valence-electron chi connectivity index (χ2n) is 9.67. The number of ether oxygens (including phenoxy) is 4. The van der Waals surface area contributed by atoms with E-state index in [1.165, 1.54) is 0 Å². The molecule has 5 rings (SSSR count). The smallest absolute Gasteiger partial charge is 0.322 e. The number of β-amino-alcohol motifs (C(OH)–C–C–N with tert-alkyl or cyclic N) is 1. The lowest BCUT2D eigenvalue weighted by molar-refractivity contribution is -0.155. The number of carbonyl (C=O) groups is 2. The van der Waals surface area contributed by atoms with E-state index in [0.29, 0.717) is 36.4 Å². The fraction of sp³-hybridized carbons (Fsp3) is 0.667. The van der Waals surface area contributed by atoms with Crippen LogP contribution in [0.1, 0.15) is 19.3 Å². The van der Waals surface area contributed by atoms with Crippen LogP contribution in [0.2, 0.25) is 0 Å². The summed E-state index contributed by atoms with van der Waals surface area (Å²) in [6, 6.07) is 4.63. The van der Waals surface area contributed by atoms with Gasteiger partial charge < -0.3 is 44.1 Å². The Kier molecular flexibility index (Phi) is 7.28. The molecule has 11 nitrogen and oxygen atoms in total. The summed E-state index contributed by atoms with van der Waals surface area (Å²) >= 11 is 0. The number of anilines is 1. The van der Waals surface area contributed by atoms with Crippen molar-refractivity contribution >= 4 is 17.6 Å². The molecule has 0 radical (unpaired) electrons. The van der Waals surface area contributed by atoms with Gasteiger partial charge >= 0.3 is 6.03 Å². The average Bonchev–Trinajstić information content (AvgIpc) is 3.30. The molecule has 35 heavy (non-hydrogen) atoms. The summed E-state index contributed by atoms with van der Waals surface area (Å²) in [5.74, 6) is 1.33. The molecule has 3 fully saturated rings. The monoisotopic (exact) mass is 490 g/mol. The first-order chi connectivity index (χ1) is 17.0. The molecule has 0 saturated carbocycles. The van der Waals surface area contributed by atoms with E-state index < -0.39 is 6.10 Å². The van der Waals surface area contributed by atoms with Crippen molar-refractivity contribution in [2.24, 2.45) is 0 Å². The molecule has 1 aromatic rings. The SMILES string of the molecule is CN1CCN(C(=O)C[C@H]2CC[C@H]3[C@@H](COC[C@@H](O)CN3C(=O)Nc3ccc4c(c3)OCO4)O2)CC1. The number of hydrogen-bond donors (Lipinski definition) is 2. The van der Waals surface area contributed by atoms with Gasteiger partial charge in [-0.2, -0.15) is 0 Å². The van der Waals surface area contributed by atoms with Gasteiger partial charge in [0.2, 0.25) is 12.7 Å². The molecule has 4 atom stereocenters. The quantitative estimate of drug-likeness (QED) is 0.638. The van der Waals surface area contributed by atoms with Crippen molar-refractivity contribution in [3.05, 3.63) is 18.2 Å². The number of urea groups is 1. The maximum absolute atomic E-state index is 13.3. The number of amides is 3. The van der Waals surface area contributed by atoms with Gasteiger partial charge in [0.15, 0.2) is 11.5 Å². The molecule has 0 unspecified atom stereocenters. The largest absolute Gasteiger partial charge is 0.454 e. The molecule has 1 aromatic carbocycles. The number of fused-ring (bicyclic) bond motifs is 2. The molecule has 4 heterocycles. The van der Waals surface area contributed by atoms with Crippen LogP contribution in [0.25, 0.3) is 0 Å². The molecule has 11 heteroatoms. The van der Waals surface area contributed by atoms with Crippen LogP contribution in [0.5, 0.6) is 11.5 Å². The minimum Gasteiger partial charge on any atom is -0.454 e. The topological polar surface area (TPSA) is 113 Å². The van der Waals surface area contributed by atoms with Crippen LogP contribution in [-0.2, 0) is 14.3 Å². The summed E-state index contributed by atoms with van der Waals surface area (Å²) in [6.07, 6.45) is 0.272. The molecule has 3 amide bonds. The molecule has 3 saturated heterocycles. The van der Waals surface area contributed by atoms with E-state index in [1.54, 1.807) is 23.1 Å². The summed E-state index contributed by atoms with van der Waals surface area (Å²) in [7, 11) is 2.06. The van der Waals surface area contributed by atoms with E-state index >= 15 is 0 Å². The number of rotatable bonds is 3. The number of hydrogen-bond acceptors (Lipinski definition) is 8. The number of piperazine rings is 1. The Morgan fingerprint density at radius 3 is 2.71 bits per heavy atom. The third kappa shape index (κ3) is 5.64. The molecular formula is C24H34N4O7. The van der Waals surface area contributed by atoms with Gasteiger partial charge in [0.05, 0.1) is 44.4 Å². The average molecular weight is 491 g/mol. The number of aliphatic hydroxyl groups excluding tert-OH is 1. The minimum atomic E-state index is -0.796. The van der Waals surface area contributed by atoms with Crippen molar-refractivity contribution < 1.29 is 33.6 Å². The second kappa shape index (κ2) is 10.6. The van der Waals surface area contributed by atoms with E-state index in [1.807, 2.05) is 4.90 Å². The van der Waals surface area contributed by atoms with Crippen molar-refractivity contribution in [2.75, 3.05) is 65.1 Å². The molecule has 2 N–H and O–H groups in total. The van der Waals surface area contributed by atoms with Crippen molar-refractivity contribution in [3.8, 4) is 11.5 Å². The van der Waals surface area contributed by atoms with Crippen molar-refractivity contribution in [2.45, 2.75) is 43.6 Å². The summed E-state index contributed by atoms with van der Waals surface area (Å²) < 4.78 is 22.7. The standard InChI is InChI=1S/C24H34N4O7/c1-26-6-8-27(9-7-26)23(30)11-18-3-4-19-22(35-18)14-32-13-17(29)12-28(19)24(31)25-16-2-5-20-21(10-16)34-15-33-20/h2,5,10,17-19,22,29H,3-4,6-9,11-15H2,1H3,(H,25,31)/t17-,18+,19-,22+/m0/s1. The fourth-order valence-corrected chi connectivity index (χ4v) is 5.12. The van der Waals surface area contributed by atoms with Crippen LogP contribution < -0.4 is 14.8 Å². The van der Waals surface area contributed by atoms with Gasteiger partial charge in [-0.15, -0.1) is 0 Å². The number of nitrogens with one attached hydrogen (secondary N) is 1. The van der Waals surface area contributed by atoms with E-state index in [2.05, 4.69) is 17.3 Å². The Morgan fingerprint density at radius 2 is 1.89 bits per heavy atom. The Labute approximate surface area is 204 Å². The fourth-order valence-electron chi connectivity index (χ4n) is 5.12. The highest BCUT2D eigenvalue weighted by molar-refractivity contribution is 5.90. The molecule has 0 spiro atoms. The maximum Gasteiger partial charge on any atom is 0.322 e. The second-order valence-corrected chi connectivity index (χ2v) is 9.67. The highest BCUT2D eigenvalue weighted by Gasteiger charge is 2.40. The normalized spacial score (nSPS) is 29.2. The summed E-state index contributed by atoms with van der Waals surface area (Å²) in [5.41, 5.74) is 0.580. The first-order valence-corrected chi connectivity index (χ1v) is 12.3. The molecule has 0 bridgehead atoms. The number of nitrogens with zero attached hydrogens (tertiary/aromatic N) is 3. The zero-order valence-corrected chi connectivity index (χ0v) is 20.1. The van der Waals surface area contributed by atoms with Gasteiger partial charge in [-0.3, -0.25) is 4.79 Å². The van der Waals surface area contributed by atoms with E-state index in [4.69, 9.17) is 18.9 Å². The van der Waals surface area contributed by atoms with Crippen molar-refractivity contribution in [3.63, 3.8) is 0 Å². The lowest BCUT2D eigenvalue weighted by Crippen LogP contribution is -2.58. The highest BCUT2D eigenvalue weighted by atomic mass is 16.7. The molecule has 4 aliphatic rings. The molecule has 4 aliphatic heterocycles. The maximum atomic E-state index is 13.3. The van der Waals surface area contributed by atoms with Gasteiger partial charge in [0, 0.05) is 37.9 Å². The summed E-state index contributed by atoms with van der Waals surface area (Å²) in [4.78, 5) is 31.9. The molecule has 0 aliphatic carbocycles. The zero-order chi connectivity index (χ0) is 24.4. The van der Waals surface area contributed by atoms with E-state index in [0.717, 1.165) is 26.2 Å². The van der Waals surface area contributed by atoms with Crippen LogP contribution in [0.3, 0.4) is 0 Å². The Bertz CT molecular complexity index is 923. The number of likely N-dealkylation sites (N-methyl/N-ethyl adjacent to an activating group) is 1. The van der Waals surface area contributed by atoms with Crippen LogP contribution in [0.4, 0.5) is 10.5 Å². The van der Waals surface area contributed by atoms with E-state index in [9.17, 15) is 14.7 Å². The van der Waals surface area contributed by atoms with E-state index in [-0.39, 0.29) is 56.7 Å². The van der Waals surface area contributed by atoms with Gasteiger partial charge in [0.1, 0.15) is 6.10 Å². The first-order valence-electron chi connectivity index (χ1n) is 12.3. The molecular weight excluding hydrogens is 456 g/mol. The van der Waals surface area contributed by atoms with Gasteiger partial charge in [-0.05, 0) is 32.0 Å². The first kappa shape index (κ1) is 24.1. The lowest BCUT2D eigenvalue weighted by Gasteiger charge is -2.44.